The zero-order valence-electron chi connectivity index (χ0n) is 7.80. The topological polar surface area (TPSA) is 63.9 Å². The Labute approximate surface area is 82.1 Å². The summed E-state index contributed by atoms with van der Waals surface area (Å²) in [5.41, 5.74) is 0. The summed E-state index contributed by atoms with van der Waals surface area (Å²) in [5, 5.41) is 0. The molecular weight excluding hydrogens is 182 g/mol. The van der Waals surface area contributed by atoms with Crippen LogP contribution in [0.2, 0.25) is 0 Å². The van der Waals surface area contributed by atoms with Crippen LogP contribution in [0.1, 0.15) is 6.42 Å². The molecule has 5 nitrogen and oxygen atoms in total. The van der Waals surface area contributed by atoms with Crippen molar-refractivity contribution < 1.29 is 9.15 Å². The van der Waals surface area contributed by atoms with Gasteiger partial charge in [0, 0.05) is 25.6 Å². The summed E-state index contributed by atoms with van der Waals surface area (Å²) in [6, 6.07) is 0. The highest BCUT2D eigenvalue weighted by Crippen LogP contribution is 1.93. The maximum absolute atomic E-state index is 4.72. The van der Waals surface area contributed by atoms with Crippen molar-refractivity contribution in [2.75, 3.05) is 13.2 Å². The molecule has 0 radical (unpaired) electrons. The number of nitrogens with one attached hydrogen (secondary N) is 1. The van der Waals surface area contributed by atoms with E-state index in [0.717, 1.165) is 13.2 Å². The fourth-order valence-corrected chi connectivity index (χ4v) is 0.535. The number of imidazole rings is 1. The summed E-state index contributed by atoms with van der Waals surface area (Å²) in [6.45, 7) is 2.00. The van der Waals surface area contributed by atoms with Crippen molar-refractivity contribution in [2.45, 2.75) is 6.42 Å². The van der Waals surface area contributed by atoms with E-state index in [2.05, 4.69) is 19.4 Å². The monoisotopic (exact) mass is 195 g/mol. The largest absolute Gasteiger partial charge is 0.452 e. The summed E-state index contributed by atoms with van der Waals surface area (Å²) in [7, 11) is 0. The van der Waals surface area contributed by atoms with Crippen molar-refractivity contribution in [1.29, 1.82) is 0 Å². The first-order chi connectivity index (χ1) is 7.00. The van der Waals surface area contributed by atoms with Crippen molar-refractivity contribution in [1.82, 2.24) is 15.0 Å². The van der Waals surface area contributed by atoms with Crippen LogP contribution in [0.15, 0.2) is 42.0 Å². The molecule has 1 aliphatic heterocycles. The number of H-pyrrole nitrogens is 1. The summed E-state index contributed by atoms with van der Waals surface area (Å²) < 4.78 is 9.19. The zero-order chi connectivity index (χ0) is 9.90. The Kier molecular flexibility index (Phi) is 5.98. The van der Waals surface area contributed by atoms with Crippen molar-refractivity contribution in [3.05, 3.63) is 37.6 Å². The Bertz CT molecular complexity index is 199. The van der Waals surface area contributed by atoms with Crippen LogP contribution in [0.3, 0.4) is 0 Å². The Morgan fingerprint density at radius 2 is 1.93 bits per heavy atom. The minimum atomic E-state index is 1.00. The normalized spacial score (nSPS) is 12.6. The highest BCUT2D eigenvalue weighted by molar-refractivity contribution is 4.64. The van der Waals surface area contributed by atoms with Crippen LogP contribution < -0.4 is 0 Å². The molecule has 2 aromatic rings. The van der Waals surface area contributed by atoms with Gasteiger partial charge < -0.3 is 14.1 Å². The van der Waals surface area contributed by atoms with Gasteiger partial charge in [0.25, 0.3) is 0 Å². The van der Waals surface area contributed by atoms with Gasteiger partial charge in [-0.15, -0.1) is 0 Å². The van der Waals surface area contributed by atoms with Crippen LogP contribution in [0.5, 0.6) is 0 Å². The highest BCUT2D eigenvalue weighted by atomic mass is 16.5. The van der Waals surface area contributed by atoms with E-state index in [9.17, 15) is 0 Å². The second-order valence-electron chi connectivity index (χ2n) is 2.40. The SMILES string of the molecule is C1COC1.c1c[nH]cn1.c1cocn1. The molecule has 0 aromatic carbocycles. The summed E-state index contributed by atoms with van der Waals surface area (Å²) in [5.74, 6) is 0. The van der Waals surface area contributed by atoms with Crippen LogP contribution >= 0.6 is 0 Å². The van der Waals surface area contributed by atoms with Gasteiger partial charge in [0.05, 0.1) is 12.5 Å². The number of nitrogens with zero attached hydrogens (tertiary/aromatic N) is 2. The molecule has 0 amide bonds. The lowest BCUT2D eigenvalue weighted by Gasteiger charge is -2.09. The minimum absolute atomic E-state index is 1.00. The molecule has 0 saturated carbocycles. The van der Waals surface area contributed by atoms with E-state index < -0.39 is 0 Å². The Balaban J connectivity index is 0.000000106. The minimum Gasteiger partial charge on any atom is -0.452 e. The fraction of sp³-hybridized carbons (Fsp3) is 0.333. The van der Waals surface area contributed by atoms with Crippen LogP contribution in [-0.2, 0) is 4.74 Å². The highest BCUT2D eigenvalue weighted by Gasteiger charge is 1.94. The average molecular weight is 195 g/mol. The third kappa shape index (κ3) is 5.96. The number of ether oxygens (including phenoxy) is 1. The number of hydrogen-bond acceptors (Lipinski definition) is 4. The smallest absolute Gasteiger partial charge is 0.180 e. The van der Waals surface area contributed by atoms with Crippen LogP contribution in [0, 0.1) is 0 Å². The van der Waals surface area contributed by atoms with Crippen molar-refractivity contribution >= 4 is 0 Å². The van der Waals surface area contributed by atoms with Crippen molar-refractivity contribution in [2.24, 2.45) is 0 Å². The van der Waals surface area contributed by atoms with E-state index >= 15 is 0 Å². The number of rotatable bonds is 0. The third-order valence-corrected chi connectivity index (χ3v) is 1.33. The first-order valence-electron chi connectivity index (χ1n) is 4.33. The Hall–Kier alpha value is -1.62. The molecule has 0 atom stereocenters. The molecule has 5 heteroatoms. The van der Waals surface area contributed by atoms with Gasteiger partial charge in [-0.05, 0) is 6.42 Å². The molecule has 1 N–H and O–H groups in total. The number of oxazole rings is 1. The van der Waals surface area contributed by atoms with Gasteiger partial charge >= 0.3 is 0 Å². The van der Waals surface area contributed by atoms with Crippen LogP contribution in [0.4, 0.5) is 0 Å². The molecule has 0 aliphatic carbocycles. The second-order valence-corrected chi connectivity index (χ2v) is 2.40. The van der Waals surface area contributed by atoms with Gasteiger partial charge in [0.2, 0.25) is 0 Å². The molecule has 3 rings (SSSR count). The molecule has 0 spiro atoms. The maximum atomic E-state index is 4.72. The quantitative estimate of drug-likeness (QED) is 0.691. The van der Waals surface area contributed by atoms with Crippen molar-refractivity contribution in [3.63, 3.8) is 0 Å². The van der Waals surface area contributed by atoms with E-state index in [1.807, 2.05) is 0 Å². The molecule has 3 heterocycles. The molecular formula is C9H13N3O2. The van der Waals surface area contributed by atoms with Gasteiger partial charge in [0.1, 0.15) is 6.26 Å². The van der Waals surface area contributed by atoms with Gasteiger partial charge in [-0.3, -0.25) is 0 Å². The number of aromatic nitrogens is 3. The fourth-order valence-electron chi connectivity index (χ4n) is 0.535. The Morgan fingerprint density at radius 1 is 1.14 bits per heavy atom. The average Bonchev–Trinajstić information content (AvgIpc) is 2.81. The zero-order valence-corrected chi connectivity index (χ0v) is 7.80. The lowest BCUT2D eigenvalue weighted by molar-refractivity contribution is 0.0367. The van der Waals surface area contributed by atoms with Crippen molar-refractivity contribution in [3.8, 4) is 0 Å². The molecule has 1 aliphatic rings. The maximum Gasteiger partial charge on any atom is 0.180 e. The molecule has 1 saturated heterocycles. The second kappa shape index (κ2) is 8.00. The predicted molar refractivity (Wildman–Crippen MR) is 50.5 cm³/mol. The first-order valence-corrected chi connectivity index (χ1v) is 4.33. The van der Waals surface area contributed by atoms with E-state index in [-0.39, 0.29) is 0 Å². The van der Waals surface area contributed by atoms with E-state index in [1.165, 1.54) is 19.1 Å². The predicted octanol–water partition coefficient (Wildman–Crippen LogP) is 1.49. The standard InChI is InChI=1S/C3H4N2.C3H3NO.C3H6O/c2*1-2-5-3-4-1;1-2-4-3-1/h1-3H,(H,4,5);1-3H;1-3H2. The number of aromatic amines is 1. The molecule has 0 unspecified atom stereocenters. The summed E-state index contributed by atoms with van der Waals surface area (Å²) in [4.78, 5) is 9.97. The molecule has 0 bridgehead atoms. The van der Waals surface area contributed by atoms with Gasteiger partial charge in [-0.1, -0.05) is 0 Å². The number of hydrogen-bond donors (Lipinski definition) is 1. The summed E-state index contributed by atoms with van der Waals surface area (Å²) in [6.07, 6.45) is 10.8. The lowest BCUT2D eigenvalue weighted by Crippen LogP contribution is -2.09. The van der Waals surface area contributed by atoms with Crippen LogP contribution in [0.25, 0.3) is 0 Å². The molecule has 2 aromatic heterocycles. The molecule has 1 fully saturated rings. The van der Waals surface area contributed by atoms with Gasteiger partial charge in [0.15, 0.2) is 6.39 Å². The molecule has 76 valence electrons. The van der Waals surface area contributed by atoms with E-state index in [4.69, 9.17) is 4.74 Å². The lowest BCUT2D eigenvalue weighted by atomic mass is 10.4. The Morgan fingerprint density at radius 3 is 2.07 bits per heavy atom. The first kappa shape index (κ1) is 10.5. The summed E-state index contributed by atoms with van der Waals surface area (Å²) >= 11 is 0. The van der Waals surface area contributed by atoms with Gasteiger partial charge in [-0.2, -0.15) is 0 Å². The van der Waals surface area contributed by atoms with Gasteiger partial charge in [-0.25, -0.2) is 9.97 Å². The third-order valence-electron chi connectivity index (χ3n) is 1.33. The van der Waals surface area contributed by atoms with Crippen LogP contribution in [-0.4, -0.2) is 28.2 Å². The molecule has 14 heavy (non-hydrogen) atoms. The van der Waals surface area contributed by atoms with E-state index in [1.54, 1.807) is 24.9 Å². The van der Waals surface area contributed by atoms with E-state index in [0.29, 0.717) is 0 Å².